The van der Waals surface area contributed by atoms with Crippen LogP contribution in [-0.4, -0.2) is 15.4 Å². The normalized spacial score (nSPS) is 12.3. The number of rotatable bonds is 3. The first-order chi connectivity index (χ1) is 12.0. The largest absolute Gasteiger partial charge is 0.346 e. The van der Waals surface area contributed by atoms with Crippen molar-refractivity contribution in [3.63, 3.8) is 0 Å². The van der Waals surface area contributed by atoms with E-state index in [2.05, 4.69) is 5.32 Å². The van der Waals surface area contributed by atoms with Gasteiger partial charge in [-0.25, -0.2) is 0 Å². The van der Waals surface area contributed by atoms with Crippen molar-refractivity contribution in [2.75, 3.05) is 5.32 Å². The lowest BCUT2D eigenvalue weighted by Gasteiger charge is -2.09. The number of nitrogens with one attached hydrogen (secondary N) is 1. The minimum atomic E-state index is -0.576. The van der Waals surface area contributed by atoms with Gasteiger partial charge in [-0.2, -0.15) is 0 Å². The molecule has 124 valence electrons. The topological polar surface area (TPSA) is 94.2 Å². The zero-order valence-corrected chi connectivity index (χ0v) is 13.1. The Labute approximate surface area is 141 Å². The van der Waals surface area contributed by atoms with E-state index in [1.165, 1.54) is 18.2 Å². The number of hydrogen-bond donors (Lipinski definition) is 1. The summed E-state index contributed by atoms with van der Waals surface area (Å²) < 4.78 is 1.91. The van der Waals surface area contributed by atoms with E-state index in [-0.39, 0.29) is 22.4 Å². The summed E-state index contributed by atoms with van der Waals surface area (Å²) in [7, 11) is 0. The summed E-state index contributed by atoms with van der Waals surface area (Å²) in [6.45, 7) is 0.715. The molecule has 0 spiro atoms. The summed E-state index contributed by atoms with van der Waals surface area (Å²) in [4.78, 5) is 35.5. The van der Waals surface area contributed by atoms with E-state index >= 15 is 0 Å². The molecule has 0 aliphatic carbocycles. The standard InChI is InChI=1S/C18H13N3O4/c22-17-14-6-1-3-11-7-8-20(16(11)14)10-15(17)18(23)19-12-4-2-5-13(9-12)21(24)25/h1-6,9-10H,7-8H2,(H,19,23). The van der Waals surface area contributed by atoms with Crippen LogP contribution in [0.25, 0.3) is 10.9 Å². The third-order valence-electron chi connectivity index (χ3n) is 4.36. The van der Waals surface area contributed by atoms with E-state index in [1.807, 2.05) is 16.7 Å². The molecule has 1 aliphatic rings. The number of benzene rings is 2. The molecule has 0 atom stereocenters. The van der Waals surface area contributed by atoms with Crippen molar-refractivity contribution in [2.45, 2.75) is 13.0 Å². The Morgan fingerprint density at radius 1 is 1.20 bits per heavy atom. The SMILES string of the molecule is O=C(Nc1cccc([N+](=O)[O-])c1)c1cn2c3c(cccc3c1=O)CC2. The van der Waals surface area contributed by atoms with Crippen molar-refractivity contribution in [2.24, 2.45) is 0 Å². The second-order valence-electron chi connectivity index (χ2n) is 5.89. The van der Waals surface area contributed by atoms with Crippen molar-refractivity contribution in [1.29, 1.82) is 0 Å². The summed E-state index contributed by atoms with van der Waals surface area (Å²) >= 11 is 0. The molecule has 1 N–H and O–H groups in total. The van der Waals surface area contributed by atoms with Crippen molar-refractivity contribution in [1.82, 2.24) is 4.57 Å². The van der Waals surface area contributed by atoms with Crippen LogP contribution in [0.2, 0.25) is 0 Å². The fourth-order valence-electron chi connectivity index (χ4n) is 3.21. The molecule has 0 saturated heterocycles. The summed E-state index contributed by atoms with van der Waals surface area (Å²) in [5.41, 5.74) is 1.81. The van der Waals surface area contributed by atoms with E-state index in [4.69, 9.17) is 0 Å². The monoisotopic (exact) mass is 335 g/mol. The average Bonchev–Trinajstić information content (AvgIpc) is 3.02. The quantitative estimate of drug-likeness (QED) is 0.588. The Balaban J connectivity index is 1.75. The van der Waals surface area contributed by atoms with Gasteiger partial charge >= 0.3 is 0 Å². The Bertz CT molecular complexity index is 1100. The van der Waals surface area contributed by atoms with Crippen LogP contribution >= 0.6 is 0 Å². The number of nitro benzene ring substituents is 1. The molecule has 4 rings (SSSR count). The minimum absolute atomic E-state index is 0.0260. The number of carbonyl (C=O) groups is 1. The zero-order valence-electron chi connectivity index (χ0n) is 13.1. The smallest absolute Gasteiger partial charge is 0.271 e. The Kier molecular flexibility index (Phi) is 3.35. The van der Waals surface area contributed by atoms with Gasteiger partial charge in [0.15, 0.2) is 0 Å². The van der Waals surface area contributed by atoms with Crippen molar-refractivity contribution in [3.8, 4) is 0 Å². The first kappa shape index (κ1) is 15.1. The highest BCUT2D eigenvalue weighted by molar-refractivity contribution is 6.06. The van der Waals surface area contributed by atoms with Gasteiger partial charge in [-0.05, 0) is 24.1 Å². The van der Waals surface area contributed by atoms with Crippen LogP contribution in [0.3, 0.4) is 0 Å². The van der Waals surface area contributed by atoms with Gasteiger partial charge in [0.25, 0.3) is 11.6 Å². The van der Waals surface area contributed by atoms with E-state index in [9.17, 15) is 19.7 Å². The van der Waals surface area contributed by atoms with Gasteiger partial charge in [0.05, 0.1) is 10.4 Å². The Morgan fingerprint density at radius 3 is 2.80 bits per heavy atom. The lowest BCUT2D eigenvalue weighted by atomic mass is 10.1. The molecule has 7 nitrogen and oxygen atoms in total. The number of aryl methyl sites for hydroxylation is 2. The van der Waals surface area contributed by atoms with Crippen molar-refractivity contribution < 1.29 is 9.72 Å². The second kappa shape index (κ2) is 5.55. The van der Waals surface area contributed by atoms with Gasteiger partial charge in [-0.1, -0.05) is 18.2 Å². The molecule has 25 heavy (non-hydrogen) atoms. The van der Waals surface area contributed by atoms with Crippen molar-refractivity contribution in [3.05, 3.63) is 80.1 Å². The predicted octanol–water partition coefficient (Wildman–Crippen LogP) is 2.72. The van der Waals surface area contributed by atoms with Crippen LogP contribution in [0.4, 0.5) is 11.4 Å². The van der Waals surface area contributed by atoms with E-state index in [0.717, 1.165) is 17.5 Å². The molecule has 0 radical (unpaired) electrons. The zero-order chi connectivity index (χ0) is 17.6. The third-order valence-corrected chi connectivity index (χ3v) is 4.36. The predicted molar refractivity (Wildman–Crippen MR) is 93.0 cm³/mol. The van der Waals surface area contributed by atoms with E-state index in [0.29, 0.717) is 11.9 Å². The number of carbonyl (C=O) groups excluding carboxylic acids is 1. The molecule has 1 aromatic heterocycles. The molecule has 0 bridgehead atoms. The number of aromatic nitrogens is 1. The highest BCUT2D eigenvalue weighted by Crippen LogP contribution is 2.24. The molecule has 0 saturated carbocycles. The van der Waals surface area contributed by atoms with Gasteiger partial charge in [0.1, 0.15) is 5.56 Å². The second-order valence-corrected chi connectivity index (χ2v) is 5.89. The number of para-hydroxylation sites is 1. The highest BCUT2D eigenvalue weighted by atomic mass is 16.6. The Morgan fingerprint density at radius 2 is 2.00 bits per heavy atom. The van der Waals surface area contributed by atoms with Crippen LogP contribution in [0, 0.1) is 10.1 Å². The number of pyridine rings is 1. The number of amides is 1. The van der Waals surface area contributed by atoms with Crippen LogP contribution in [0.5, 0.6) is 0 Å². The summed E-state index contributed by atoms with van der Waals surface area (Å²) in [5.74, 6) is -0.576. The van der Waals surface area contributed by atoms with Crippen LogP contribution < -0.4 is 10.7 Å². The molecule has 3 aromatic rings. The lowest BCUT2D eigenvalue weighted by molar-refractivity contribution is -0.384. The number of nitro groups is 1. The molecule has 0 fully saturated rings. The van der Waals surface area contributed by atoms with Gasteiger partial charge in [-0.15, -0.1) is 0 Å². The maximum atomic E-state index is 12.7. The first-order valence-electron chi connectivity index (χ1n) is 7.75. The molecule has 1 amide bonds. The summed E-state index contributed by atoms with van der Waals surface area (Å²) in [5, 5.41) is 13.9. The molecular formula is C18H13N3O4. The number of nitrogens with zero attached hydrogens (tertiary/aromatic N) is 2. The van der Waals surface area contributed by atoms with Crippen LogP contribution in [0.1, 0.15) is 15.9 Å². The molecule has 2 aromatic carbocycles. The fourth-order valence-corrected chi connectivity index (χ4v) is 3.21. The Hall–Kier alpha value is -3.48. The fraction of sp³-hybridized carbons (Fsp3) is 0.111. The van der Waals surface area contributed by atoms with E-state index < -0.39 is 10.8 Å². The highest BCUT2D eigenvalue weighted by Gasteiger charge is 2.20. The summed E-state index contributed by atoms with van der Waals surface area (Å²) in [6.07, 6.45) is 2.39. The third kappa shape index (κ3) is 2.46. The lowest BCUT2D eigenvalue weighted by Crippen LogP contribution is -2.23. The van der Waals surface area contributed by atoms with Gasteiger partial charge in [-0.3, -0.25) is 19.7 Å². The first-order valence-corrected chi connectivity index (χ1v) is 7.75. The van der Waals surface area contributed by atoms with Gasteiger partial charge in [0, 0.05) is 35.9 Å². The van der Waals surface area contributed by atoms with E-state index in [1.54, 1.807) is 18.3 Å². The van der Waals surface area contributed by atoms with Crippen LogP contribution in [0.15, 0.2) is 53.5 Å². The molecule has 7 heteroatoms. The average molecular weight is 335 g/mol. The summed E-state index contributed by atoms with van der Waals surface area (Å²) in [6, 6.07) is 11.1. The maximum absolute atomic E-state index is 12.7. The molecular weight excluding hydrogens is 322 g/mol. The molecule has 0 unspecified atom stereocenters. The van der Waals surface area contributed by atoms with Crippen molar-refractivity contribution >= 4 is 28.2 Å². The van der Waals surface area contributed by atoms with Gasteiger partial charge < -0.3 is 9.88 Å². The maximum Gasteiger partial charge on any atom is 0.271 e. The number of hydrogen-bond acceptors (Lipinski definition) is 4. The number of non-ortho nitro benzene ring substituents is 1. The van der Waals surface area contributed by atoms with Gasteiger partial charge in [0.2, 0.25) is 5.43 Å². The molecule has 1 aliphatic heterocycles. The molecule has 2 heterocycles. The van der Waals surface area contributed by atoms with Crippen LogP contribution in [-0.2, 0) is 13.0 Å². The minimum Gasteiger partial charge on any atom is -0.346 e. The number of anilines is 1.